The zero-order valence-corrected chi connectivity index (χ0v) is 15.0. The number of carbonyl (C=O) groups is 1. The molecule has 5 nitrogen and oxygen atoms in total. The molecule has 1 aromatic heterocycles. The van der Waals surface area contributed by atoms with Crippen molar-refractivity contribution in [3.63, 3.8) is 0 Å². The molecular weight excluding hydrogens is 375 g/mol. The topological polar surface area (TPSA) is 79.5 Å². The minimum Gasteiger partial charge on any atom is -0.507 e. The van der Waals surface area contributed by atoms with E-state index in [4.69, 9.17) is 4.42 Å². The van der Waals surface area contributed by atoms with Crippen molar-refractivity contribution in [3.8, 4) is 5.75 Å². The third-order valence-electron chi connectivity index (χ3n) is 4.34. The van der Waals surface area contributed by atoms with Crippen molar-refractivity contribution in [2.45, 2.75) is 26.4 Å². The third kappa shape index (κ3) is 3.85. The van der Waals surface area contributed by atoms with Gasteiger partial charge in [0.1, 0.15) is 11.3 Å². The van der Waals surface area contributed by atoms with Crippen LogP contribution in [0.1, 0.15) is 22.3 Å². The molecule has 0 spiro atoms. The number of hydrogen-bond acceptors (Lipinski definition) is 4. The molecule has 0 radical (unpaired) electrons. The Bertz CT molecular complexity index is 1120. The van der Waals surface area contributed by atoms with Crippen LogP contribution in [0.3, 0.4) is 0 Å². The fourth-order valence-corrected chi connectivity index (χ4v) is 2.97. The summed E-state index contributed by atoms with van der Waals surface area (Å²) in [6, 6.07) is 7.09. The molecule has 3 aromatic rings. The van der Waals surface area contributed by atoms with E-state index < -0.39 is 23.3 Å². The van der Waals surface area contributed by atoms with Crippen LogP contribution in [0.15, 0.2) is 45.6 Å². The predicted octanol–water partition coefficient (Wildman–Crippen LogP) is 4.32. The largest absolute Gasteiger partial charge is 0.507 e. The number of anilines is 1. The maximum atomic E-state index is 12.6. The van der Waals surface area contributed by atoms with E-state index in [9.17, 15) is 27.9 Å². The van der Waals surface area contributed by atoms with Gasteiger partial charge in [-0.2, -0.15) is 13.2 Å². The normalized spacial score (nSPS) is 11.6. The lowest BCUT2D eigenvalue weighted by molar-refractivity contribution is -0.137. The zero-order valence-electron chi connectivity index (χ0n) is 15.0. The van der Waals surface area contributed by atoms with Gasteiger partial charge in [-0.3, -0.25) is 4.79 Å². The number of alkyl halides is 3. The molecule has 0 saturated carbocycles. The van der Waals surface area contributed by atoms with Crippen molar-refractivity contribution >= 4 is 22.6 Å². The highest BCUT2D eigenvalue weighted by Crippen LogP contribution is 2.31. The van der Waals surface area contributed by atoms with E-state index >= 15 is 0 Å². The van der Waals surface area contributed by atoms with Gasteiger partial charge in [-0.15, -0.1) is 0 Å². The Hall–Kier alpha value is -3.29. The van der Waals surface area contributed by atoms with Gasteiger partial charge in [-0.1, -0.05) is 0 Å². The van der Waals surface area contributed by atoms with Crippen molar-refractivity contribution in [3.05, 3.63) is 69.1 Å². The highest BCUT2D eigenvalue weighted by atomic mass is 19.4. The molecule has 0 atom stereocenters. The van der Waals surface area contributed by atoms with E-state index in [0.717, 1.165) is 24.3 Å². The Labute approximate surface area is 157 Å². The molecular formula is C20H16F3NO4. The fraction of sp³-hybridized carbons (Fsp3) is 0.200. The zero-order chi connectivity index (χ0) is 20.6. The monoisotopic (exact) mass is 391 g/mol. The van der Waals surface area contributed by atoms with E-state index in [1.54, 1.807) is 19.9 Å². The summed E-state index contributed by atoms with van der Waals surface area (Å²) in [7, 11) is 0. The van der Waals surface area contributed by atoms with E-state index in [0.29, 0.717) is 16.5 Å². The number of halogens is 3. The van der Waals surface area contributed by atoms with Gasteiger partial charge < -0.3 is 14.8 Å². The molecule has 1 heterocycles. The maximum Gasteiger partial charge on any atom is 0.416 e. The van der Waals surface area contributed by atoms with Gasteiger partial charge in [0.2, 0.25) is 5.91 Å². The van der Waals surface area contributed by atoms with E-state index in [1.165, 1.54) is 6.07 Å². The molecule has 146 valence electrons. The first-order valence-electron chi connectivity index (χ1n) is 8.29. The summed E-state index contributed by atoms with van der Waals surface area (Å²) < 4.78 is 43.0. The first-order chi connectivity index (χ1) is 13.1. The van der Waals surface area contributed by atoms with Gasteiger partial charge in [0.15, 0.2) is 0 Å². The molecule has 0 unspecified atom stereocenters. The van der Waals surface area contributed by atoms with Crippen molar-refractivity contribution < 1.29 is 27.5 Å². The molecule has 3 rings (SSSR count). The van der Waals surface area contributed by atoms with E-state index in [1.807, 2.05) is 0 Å². The third-order valence-corrected chi connectivity index (χ3v) is 4.34. The lowest BCUT2D eigenvalue weighted by Crippen LogP contribution is -2.20. The van der Waals surface area contributed by atoms with Crippen LogP contribution in [0.5, 0.6) is 5.75 Å². The number of rotatable bonds is 3. The number of phenols is 1. The predicted molar refractivity (Wildman–Crippen MR) is 97.4 cm³/mol. The van der Waals surface area contributed by atoms with Gasteiger partial charge in [-0.05, 0) is 61.4 Å². The quantitative estimate of drug-likeness (QED) is 0.652. The average Bonchev–Trinajstić information content (AvgIpc) is 2.57. The summed E-state index contributed by atoms with van der Waals surface area (Å²) >= 11 is 0. The smallest absolute Gasteiger partial charge is 0.416 e. The Balaban J connectivity index is 1.86. The van der Waals surface area contributed by atoms with Gasteiger partial charge in [0.25, 0.3) is 0 Å². The minimum absolute atomic E-state index is 0.0658. The summed E-state index contributed by atoms with van der Waals surface area (Å²) in [6.45, 7) is 3.33. The number of nitrogens with one attached hydrogen (secondary N) is 1. The lowest BCUT2D eigenvalue weighted by Gasteiger charge is -2.11. The number of benzene rings is 2. The summed E-state index contributed by atoms with van der Waals surface area (Å²) in [5, 5.41) is 12.9. The van der Waals surface area contributed by atoms with Crippen LogP contribution in [0.2, 0.25) is 0 Å². The van der Waals surface area contributed by atoms with Crippen LogP contribution >= 0.6 is 0 Å². The number of amides is 1. The molecule has 0 aliphatic rings. The molecule has 0 saturated heterocycles. The number of aromatic hydroxyl groups is 1. The summed E-state index contributed by atoms with van der Waals surface area (Å²) in [6.07, 6.45) is -4.82. The van der Waals surface area contributed by atoms with Gasteiger partial charge in [0, 0.05) is 5.69 Å². The van der Waals surface area contributed by atoms with E-state index in [2.05, 4.69) is 5.32 Å². The van der Waals surface area contributed by atoms with Crippen molar-refractivity contribution in [1.82, 2.24) is 0 Å². The first-order valence-corrected chi connectivity index (χ1v) is 8.29. The number of hydrogen-bond donors (Lipinski definition) is 2. The molecule has 2 N–H and O–H groups in total. The van der Waals surface area contributed by atoms with Crippen LogP contribution in [0.25, 0.3) is 11.0 Å². The lowest BCUT2D eigenvalue weighted by atomic mass is 10.0. The second-order valence-corrected chi connectivity index (χ2v) is 6.45. The van der Waals surface area contributed by atoms with Gasteiger partial charge in [0.05, 0.1) is 22.9 Å². The number of carbonyl (C=O) groups excluding carboxylic acids is 1. The standard InChI is InChI=1S/C20H16F3NO4/c1-10-7-15(25)18-11(2)14(19(27)28-16(18)8-10)9-17(26)24-13-5-3-12(4-6-13)20(21,22)23/h3-8,25H,9H2,1-2H3,(H,24,26). The SMILES string of the molecule is Cc1cc(O)c2c(C)c(CC(=O)Nc3ccc(C(F)(F)F)cc3)c(=O)oc2c1. The number of fused-ring (bicyclic) bond motifs is 1. The molecule has 0 bridgehead atoms. The van der Waals surface area contributed by atoms with Crippen molar-refractivity contribution in [1.29, 1.82) is 0 Å². The molecule has 2 aromatic carbocycles. The Kier molecular flexibility index (Phi) is 4.89. The van der Waals surface area contributed by atoms with Crippen LogP contribution in [-0.4, -0.2) is 11.0 Å². The van der Waals surface area contributed by atoms with Crippen molar-refractivity contribution in [2.75, 3.05) is 5.32 Å². The highest BCUT2D eigenvalue weighted by Gasteiger charge is 2.30. The van der Waals surface area contributed by atoms with Crippen LogP contribution < -0.4 is 10.9 Å². The Morgan fingerprint density at radius 2 is 1.79 bits per heavy atom. The van der Waals surface area contributed by atoms with Gasteiger partial charge in [-0.25, -0.2) is 4.79 Å². The molecule has 8 heteroatoms. The van der Waals surface area contributed by atoms with Crippen LogP contribution in [-0.2, 0) is 17.4 Å². The minimum atomic E-state index is -4.47. The number of aryl methyl sites for hydroxylation is 2. The van der Waals surface area contributed by atoms with Gasteiger partial charge >= 0.3 is 11.8 Å². The second-order valence-electron chi connectivity index (χ2n) is 6.45. The summed E-state index contributed by atoms with van der Waals surface area (Å²) in [5.41, 5.74) is 0.0220. The van der Waals surface area contributed by atoms with Crippen LogP contribution in [0.4, 0.5) is 18.9 Å². The summed E-state index contributed by atoms with van der Waals surface area (Å²) in [4.78, 5) is 24.5. The molecule has 0 fully saturated rings. The molecule has 0 aliphatic carbocycles. The molecule has 0 aliphatic heterocycles. The molecule has 28 heavy (non-hydrogen) atoms. The maximum absolute atomic E-state index is 12.6. The second kappa shape index (κ2) is 7.03. The summed E-state index contributed by atoms with van der Waals surface area (Å²) in [5.74, 6) is -0.665. The Morgan fingerprint density at radius 1 is 1.14 bits per heavy atom. The first kappa shape index (κ1) is 19.5. The van der Waals surface area contributed by atoms with Crippen LogP contribution in [0, 0.1) is 13.8 Å². The Morgan fingerprint density at radius 3 is 2.39 bits per heavy atom. The van der Waals surface area contributed by atoms with Crippen molar-refractivity contribution in [2.24, 2.45) is 0 Å². The fourth-order valence-electron chi connectivity index (χ4n) is 2.97. The number of phenolic OH excluding ortho intramolecular Hbond substituents is 1. The highest BCUT2D eigenvalue weighted by molar-refractivity contribution is 5.94. The van der Waals surface area contributed by atoms with E-state index in [-0.39, 0.29) is 29.0 Å². The average molecular weight is 391 g/mol. The molecule has 1 amide bonds.